The van der Waals surface area contributed by atoms with Crippen molar-refractivity contribution in [3.63, 3.8) is 0 Å². The number of ether oxygens (including phenoxy) is 1. The first-order valence-corrected chi connectivity index (χ1v) is 6.00. The molecule has 0 spiro atoms. The number of hydrogen-bond acceptors (Lipinski definition) is 3. The van der Waals surface area contributed by atoms with Gasteiger partial charge in [-0.25, -0.2) is 0 Å². The van der Waals surface area contributed by atoms with Crippen molar-refractivity contribution in [1.82, 2.24) is 0 Å². The van der Waals surface area contributed by atoms with Gasteiger partial charge in [0.15, 0.2) is 0 Å². The van der Waals surface area contributed by atoms with Crippen LogP contribution in [0.5, 0.6) is 0 Å². The zero-order chi connectivity index (χ0) is 13.5. The molecule has 1 aromatic carbocycles. The van der Waals surface area contributed by atoms with E-state index in [9.17, 15) is 9.59 Å². The third kappa shape index (κ3) is 4.20. The number of benzene rings is 1. The van der Waals surface area contributed by atoms with Gasteiger partial charge in [0.1, 0.15) is 0 Å². The Kier molecular flexibility index (Phi) is 5.36. The minimum atomic E-state index is -0.250. The maximum absolute atomic E-state index is 11.7. The van der Waals surface area contributed by atoms with Crippen molar-refractivity contribution in [2.24, 2.45) is 5.92 Å². The first-order valence-electron chi connectivity index (χ1n) is 6.00. The molecule has 0 aliphatic carbocycles. The van der Waals surface area contributed by atoms with E-state index in [1.165, 1.54) is 7.11 Å². The molecule has 0 unspecified atom stereocenters. The molecular formula is C14H19NO3. The normalized spacial score (nSPS) is 10.2. The van der Waals surface area contributed by atoms with Gasteiger partial charge in [0.2, 0.25) is 5.91 Å². The number of methoxy groups -OCH3 is 1. The van der Waals surface area contributed by atoms with Crippen molar-refractivity contribution in [2.45, 2.75) is 26.7 Å². The average Bonchev–Trinajstić information content (AvgIpc) is 2.37. The second-order valence-corrected chi connectivity index (χ2v) is 4.38. The van der Waals surface area contributed by atoms with E-state index in [4.69, 9.17) is 0 Å². The average molecular weight is 249 g/mol. The number of amides is 1. The van der Waals surface area contributed by atoms with E-state index in [0.717, 1.165) is 11.3 Å². The highest BCUT2D eigenvalue weighted by Gasteiger charge is 2.10. The fourth-order valence-electron chi connectivity index (χ4n) is 1.48. The number of anilines is 1. The lowest BCUT2D eigenvalue weighted by atomic mass is 10.1. The Labute approximate surface area is 107 Å². The van der Waals surface area contributed by atoms with Gasteiger partial charge in [-0.2, -0.15) is 0 Å². The van der Waals surface area contributed by atoms with Crippen LogP contribution in [0.2, 0.25) is 0 Å². The molecular weight excluding hydrogens is 230 g/mol. The van der Waals surface area contributed by atoms with Crippen molar-refractivity contribution in [3.05, 3.63) is 29.8 Å². The van der Waals surface area contributed by atoms with E-state index in [1.54, 1.807) is 0 Å². The maximum Gasteiger partial charge on any atom is 0.305 e. The number of carbonyl (C=O) groups excluding carboxylic acids is 2. The summed E-state index contributed by atoms with van der Waals surface area (Å²) < 4.78 is 4.60. The largest absolute Gasteiger partial charge is 0.469 e. The van der Waals surface area contributed by atoms with Crippen LogP contribution >= 0.6 is 0 Å². The minimum absolute atomic E-state index is 0.0273. The Bertz CT molecular complexity index is 427. The Morgan fingerprint density at radius 2 is 1.94 bits per heavy atom. The van der Waals surface area contributed by atoms with Crippen LogP contribution in [0.25, 0.3) is 0 Å². The third-order valence-corrected chi connectivity index (χ3v) is 2.63. The number of para-hydroxylation sites is 1. The van der Waals surface area contributed by atoms with Gasteiger partial charge in [-0.05, 0) is 18.1 Å². The molecule has 0 aliphatic rings. The van der Waals surface area contributed by atoms with E-state index in [-0.39, 0.29) is 17.8 Å². The zero-order valence-electron chi connectivity index (χ0n) is 11.0. The number of hydrogen-bond donors (Lipinski definition) is 1. The molecule has 0 heterocycles. The number of esters is 1. The topological polar surface area (TPSA) is 55.4 Å². The summed E-state index contributed by atoms with van der Waals surface area (Å²) in [6, 6.07) is 7.49. The highest BCUT2D eigenvalue weighted by atomic mass is 16.5. The van der Waals surface area contributed by atoms with E-state index >= 15 is 0 Å². The lowest BCUT2D eigenvalue weighted by Gasteiger charge is -2.12. The Morgan fingerprint density at radius 3 is 2.56 bits per heavy atom. The van der Waals surface area contributed by atoms with Gasteiger partial charge in [-0.15, -0.1) is 0 Å². The van der Waals surface area contributed by atoms with Crippen molar-refractivity contribution in [2.75, 3.05) is 12.4 Å². The summed E-state index contributed by atoms with van der Waals surface area (Å²) >= 11 is 0. The van der Waals surface area contributed by atoms with Crippen LogP contribution in [0.4, 0.5) is 5.69 Å². The molecule has 0 aromatic heterocycles. The zero-order valence-corrected chi connectivity index (χ0v) is 11.0. The Morgan fingerprint density at radius 1 is 1.28 bits per heavy atom. The highest BCUT2D eigenvalue weighted by Crippen LogP contribution is 2.17. The molecule has 1 amide bonds. The summed E-state index contributed by atoms with van der Waals surface area (Å²) in [6.07, 6.45) is 0.867. The number of nitrogens with one attached hydrogen (secondary N) is 1. The van der Waals surface area contributed by atoms with Crippen LogP contribution in [0.15, 0.2) is 24.3 Å². The van der Waals surface area contributed by atoms with Gasteiger partial charge < -0.3 is 10.1 Å². The van der Waals surface area contributed by atoms with Crippen molar-refractivity contribution >= 4 is 17.6 Å². The molecule has 0 saturated carbocycles. The lowest BCUT2D eigenvalue weighted by molar-refractivity contribution is -0.140. The molecule has 0 atom stereocenters. The summed E-state index contributed by atoms with van der Waals surface area (Å²) in [5.41, 5.74) is 1.71. The summed E-state index contributed by atoms with van der Waals surface area (Å²) in [7, 11) is 1.37. The lowest BCUT2D eigenvalue weighted by Crippen LogP contribution is -2.18. The molecule has 4 nitrogen and oxygen atoms in total. The first-order chi connectivity index (χ1) is 8.54. The number of rotatable bonds is 5. The predicted octanol–water partition coefficient (Wildman–Crippen LogP) is 2.39. The molecule has 98 valence electrons. The third-order valence-electron chi connectivity index (χ3n) is 2.63. The molecule has 0 radical (unpaired) electrons. The number of carbonyl (C=O) groups is 2. The van der Waals surface area contributed by atoms with E-state index < -0.39 is 0 Å². The van der Waals surface area contributed by atoms with E-state index in [1.807, 2.05) is 38.1 Å². The van der Waals surface area contributed by atoms with Crippen molar-refractivity contribution in [1.29, 1.82) is 0 Å². The molecule has 0 aliphatic heterocycles. The molecule has 18 heavy (non-hydrogen) atoms. The highest BCUT2D eigenvalue weighted by molar-refractivity contribution is 5.92. The van der Waals surface area contributed by atoms with Gasteiger partial charge >= 0.3 is 5.97 Å². The number of aryl methyl sites for hydroxylation is 1. The maximum atomic E-state index is 11.7. The molecule has 1 aromatic rings. The predicted molar refractivity (Wildman–Crippen MR) is 70.2 cm³/mol. The van der Waals surface area contributed by atoms with Crippen molar-refractivity contribution < 1.29 is 14.3 Å². The van der Waals surface area contributed by atoms with Crippen LogP contribution in [-0.4, -0.2) is 19.0 Å². The van der Waals surface area contributed by atoms with E-state index in [0.29, 0.717) is 12.8 Å². The molecule has 0 bridgehead atoms. The molecule has 0 fully saturated rings. The van der Waals surface area contributed by atoms with Gasteiger partial charge in [-0.1, -0.05) is 32.0 Å². The Balaban J connectivity index is 2.73. The van der Waals surface area contributed by atoms with Crippen LogP contribution in [-0.2, 0) is 20.7 Å². The van der Waals surface area contributed by atoms with Crippen LogP contribution in [0.1, 0.15) is 25.8 Å². The molecule has 1 rings (SSSR count). The quantitative estimate of drug-likeness (QED) is 0.815. The van der Waals surface area contributed by atoms with Gasteiger partial charge in [0.05, 0.1) is 7.11 Å². The second-order valence-electron chi connectivity index (χ2n) is 4.38. The van der Waals surface area contributed by atoms with Crippen molar-refractivity contribution in [3.8, 4) is 0 Å². The molecule has 0 saturated heterocycles. The minimum Gasteiger partial charge on any atom is -0.469 e. The van der Waals surface area contributed by atoms with Gasteiger partial charge in [0, 0.05) is 18.0 Å². The summed E-state index contributed by atoms with van der Waals surface area (Å²) in [4.78, 5) is 22.8. The second kappa shape index (κ2) is 6.79. The van der Waals surface area contributed by atoms with E-state index in [2.05, 4.69) is 10.1 Å². The first kappa shape index (κ1) is 14.2. The smallest absolute Gasteiger partial charge is 0.305 e. The summed E-state index contributed by atoms with van der Waals surface area (Å²) in [5.74, 6) is -0.348. The van der Waals surface area contributed by atoms with Crippen LogP contribution in [0, 0.1) is 5.92 Å². The summed E-state index contributed by atoms with van der Waals surface area (Å²) in [5, 5.41) is 2.86. The van der Waals surface area contributed by atoms with Crippen LogP contribution in [0.3, 0.4) is 0 Å². The Hall–Kier alpha value is -1.84. The SMILES string of the molecule is COC(=O)CCc1ccccc1NC(=O)C(C)C. The monoisotopic (exact) mass is 249 g/mol. The van der Waals surface area contributed by atoms with Gasteiger partial charge in [-0.3, -0.25) is 9.59 Å². The fourth-order valence-corrected chi connectivity index (χ4v) is 1.48. The molecule has 1 N–H and O–H groups in total. The standard InChI is InChI=1S/C14H19NO3/c1-10(2)14(17)15-12-7-5-4-6-11(12)8-9-13(16)18-3/h4-7,10H,8-9H2,1-3H3,(H,15,17). The van der Waals surface area contributed by atoms with Crippen LogP contribution < -0.4 is 5.32 Å². The van der Waals surface area contributed by atoms with Gasteiger partial charge in [0.25, 0.3) is 0 Å². The fraction of sp³-hybridized carbons (Fsp3) is 0.429. The summed E-state index contributed by atoms with van der Waals surface area (Å²) in [6.45, 7) is 3.68. The molecule has 4 heteroatoms.